The summed E-state index contributed by atoms with van der Waals surface area (Å²) in [7, 11) is 3.83. The number of pyridine rings is 1. The molecule has 1 aromatic heterocycles. The van der Waals surface area contributed by atoms with Gasteiger partial charge in [-0.2, -0.15) is 4.98 Å². The number of hydrogen-bond acceptors (Lipinski definition) is 8. The van der Waals surface area contributed by atoms with Gasteiger partial charge < -0.3 is 34.8 Å². The molecule has 2 aliphatic rings. The molecule has 3 aromatic rings. The predicted molar refractivity (Wildman–Crippen MR) is 167 cm³/mol. The van der Waals surface area contributed by atoms with E-state index in [0.717, 1.165) is 74.9 Å². The van der Waals surface area contributed by atoms with Crippen LogP contribution in [0.4, 0.5) is 28.6 Å². The molecule has 0 atom stereocenters. The molecule has 0 radical (unpaired) electrons. The molecule has 9 nitrogen and oxygen atoms in total. The number of carbonyl (C=O) groups is 1. The SMILES string of the molecule is C=CC(=O)Nc1cc(Oc2nc(Nc3ccc(N4CCN(C)CC4)cc3OC)ccc2N2CCCCC2)ccc1Cl. The maximum absolute atomic E-state index is 11.9. The van der Waals surface area contributed by atoms with Gasteiger partial charge in [-0.3, -0.25) is 4.79 Å². The molecule has 0 saturated carbocycles. The summed E-state index contributed by atoms with van der Waals surface area (Å²) in [6.07, 6.45) is 4.65. The fourth-order valence-corrected chi connectivity index (χ4v) is 5.26. The monoisotopic (exact) mass is 576 g/mol. The number of piperazine rings is 1. The normalized spacial score (nSPS) is 15.8. The molecule has 1 amide bonds. The van der Waals surface area contributed by atoms with Gasteiger partial charge in [0.05, 0.1) is 23.5 Å². The highest BCUT2D eigenvalue weighted by Crippen LogP contribution is 2.38. The summed E-state index contributed by atoms with van der Waals surface area (Å²) in [5, 5.41) is 6.54. The fraction of sp³-hybridized carbons (Fsp3) is 0.355. The van der Waals surface area contributed by atoms with E-state index >= 15 is 0 Å². The van der Waals surface area contributed by atoms with Crippen molar-refractivity contribution in [1.82, 2.24) is 9.88 Å². The van der Waals surface area contributed by atoms with Crippen LogP contribution in [-0.4, -0.2) is 69.2 Å². The number of anilines is 5. The van der Waals surface area contributed by atoms with Crippen LogP contribution in [0, 0.1) is 0 Å². The van der Waals surface area contributed by atoms with Crippen molar-refractivity contribution in [3.8, 4) is 17.4 Å². The average molecular weight is 577 g/mol. The first-order chi connectivity index (χ1) is 19.9. The van der Waals surface area contributed by atoms with Crippen molar-refractivity contribution in [1.29, 1.82) is 0 Å². The van der Waals surface area contributed by atoms with Crippen LogP contribution in [0.5, 0.6) is 17.4 Å². The number of carbonyl (C=O) groups excluding carboxylic acids is 1. The van der Waals surface area contributed by atoms with Crippen molar-refractivity contribution in [3.05, 3.63) is 66.2 Å². The van der Waals surface area contributed by atoms with Crippen molar-refractivity contribution in [3.63, 3.8) is 0 Å². The van der Waals surface area contributed by atoms with Crippen LogP contribution >= 0.6 is 11.6 Å². The van der Waals surface area contributed by atoms with Crippen LogP contribution in [0.15, 0.2) is 61.2 Å². The van der Waals surface area contributed by atoms with Gasteiger partial charge in [0.15, 0.2) is 0 Å². The van der Waals surface area contributed by atoms with Crippen molar-refractivity contribution >= 4 is 46.1 Å². The third-order valence-electron chi connectivity index (χ3n) is 7.45. The zero-order chi connectivity index (χ0) is 28.8. The number of piperidine rings is 1. The Bertz CT molecular complexity index is 1390. The zero-order valence-electron chi connectivity index (χ0n) is 23.7. The highest BCUT2D eigenvalue weighted by Gasteiger charge is 2.20. The molecule has 2 aliphatic heterocycles. The Labute approximate surface area is 246 Å². The molecule has 3 heterocycles. The number of hydrogen-bond donors (Lipinski definition) is 2. The van der Waals surface area contributed by atoms with E-state index in [1.165, 1.54) is 12.5 Å². The molecular formula is C31H37ClN6O3. The van der Waals surface area contributed by atoms with Crippen LogP contribution in [0.25, 0.3) is 0 Å². The number of likely N-dealkylation sites (N-methyl/N-ethyl adjacent to an activating group) is 1. The third kappa shape index (κ3) is 7.04. The number of nitrogens with zero attached hydrogens (tertiary/aromatic N) is 4. The highest BCUT2D eigenvalue weighted by molar-refractivity contribution is 6.33. The number of halogens is 1. The average Bonchev–Trinajstić information content (AvgIpc) is 3.00. The Morgan fingerprint density at radius 2 is 1.73 bits per heavy atom. The van der Waals surface area contributed by atoms with Crippen LogP contribution < -0.4 is 29.9 Å². The lowest BCUT2D eigenvalue weighted by Gasteiger charge is -2.34. The number of methoxy groups -OCH3 is 1. The Morgan fingerprint density at radius 1 is 0.951 bits per heavy atom. The van der Waals surface area contributed by atoms with Gasteiger partial charge in [0, 0.05) is 57.1 Å². The van der Waals surface area contributed by atoms with E-state index in [0.29, 0.717) is 28.2 Å². The molecule has 2 fully saturated rings. The van der Waals surface area contributed by atoms with Gasteiger partial charge in [-0.25, -0.2) is 0 Å². The van der Waals surface area contributed by atoms with E-state index < -0.39 is 0 Å². The number of nitrogens with one attached hydrogen (secondary N) is 2. The molecule has 2 N–H and O–H groups in total. The Kier molecular flexibility index (Phi) is 9.16. The maximum atomic E-state index is 11.9. The molecule has 0 bridgehead atoms. The summed E-state index contributed by atoms with van der Waals surface area (Å²) >= 11 is 6.31. The second kappa shape index (κ2) is 13.1. The molecule has 0 aliphatic carbocycles. The van der Waals surface area contributed by atoms with Crippen LogP contribution in [0.2, 0.25) is 5.02 Å². The van der Waals surface area contributed by atoms with Crippen molar-refractivity contribution in [2.75, 3.05) is 73.9 Å². The summed E-state index contributed by atoms with van der Waals surface area (Å²) in [5.74, 6) is 1.99. The number of rotatable bonds is 9. The van der Waals surface area contributed by atoms with Gasteiger partial charge in [-0.05, 0) is 68.8 Å². The zero-order valence-corrected chi connectivity index (χ0v) is 24.4. The third-order valence-corrected chi connectivity index (χ3v) is 7.78. The highest BCUT2D eigenvalue weighted by atomic mass is 35.5. The second-order valence-electron chi connectivity index (χ2n) is 10.3. The Hall–Kier alpha value is -3.95. The first-order valence-electron chi connectivity index (χ1n) is 14.0. The maximum Gasteiger partial charge on any atom is 0.247 e. The molecule has 41 heavy (non-hydrogen) atoms. The van der Waals surface area contributed by atoms with Gasteiger partial charge >= 0.3 is 0 Å². The topological polar surface area (TPSA) is 82.2 Å². The van der Waals surface area contributed by atoms with Crippen molar-refractivity contribution < 1.29 is 14.3 Å². The van der Waals surface area contributed by atoms with Gasteiger partial charge in [-0.15, -0.1) is 0 Å². The largest absolute Gasteiger partial charge is 0.494 e. The molecule has 0 spiro atoms. The van der Waals surface area contributed by atoms with Crippen LogP contribution in [0.3, 0.4) is 0 Å². The Morgan fingerprint density at radius 3 is 2.46 bits per heavy atom. The second-order valence-corrected chi connectivity index (χ2v) is 10.7. The van der Waals surface area contributed by atoms with Crippen LogP contribution in [0.1, 0.15) is 19.3 Å². The minimum absolute atomic E-state index is 0.352. The number of aromatic nitrogens is 1. The smallest absolute Gasteiger partial charge is 0.247 e. The summed E-state index contributed by atoms with van der Waals surface area (Å²) in [4.78, 5) is 23.8. The molecule has 10 heteroatoms. The van der Waals surface area contributed by atoms with Crippen molar-refractivity contribution in [2.45, 2.75) is 19.3 Å². The van der Waals surface area contributed by atoms with Gasteiger partial charge in [0.25, 0.3) is 0 Å². The van der Waals surface area contributed by atoms with E-state index in [1.807, 2.05) is 18.2 Å². The molecular weight excluding hydrogens is 540 g/mol. The lowest BCUT2D eigenvalue weighted by Crippen LogP contribution is -2.44. The first kappa shape index (κ1) is 28.6. The summed E-state index contributed by atoms with van der Waals surface area (Å²) in [6, 6.07) is 15.3. The van der Waals surface area contributed by atoms with Gasteiger partial charge in [0.2, 0.25) is 11.8 Å². The van der Waals surface area contributed by atoms with E-state index in [9.17, 15) is 4.79 Å². The molecule has 0 unspecified atom stereocenters. The lowest BCUT2D eigenvalue weighted by atomic mass is 10.1. The quantitative estimate of drug-likeness (QED) is 0.294. The Balaban J connectivity index is 1.42. The van der Waals surface area contributed by atoms with E-state index in [4.69, 9.17) is 26.1 Å². The number of benzene rings is 2. The van der Waals surface area contributed by atoms with E-state index in [2.05, 4.69) is 51.1 Å². The minimum atomic E-state index is -0.352. The van der Waals surface area contributed by atoms with Crippen LogP contribution in [-0.2, 0) is 4.79 Å². The van der Waals surface area contributed by atoms with E-state index in [-0.39, 0.29) is 5.91 Å². The van der Waals surface area contributed by atoms with E-state index in [1.54, 1.807) is 25.3 Å². The minimum Gasteiger partial charge on any atom is -0.494 e. The molecule has 2 saturated heterocycles. The summed E-state index contributed by atoms with van der Waals surface area (Å²) in [5.41, 5.74) is 3.31. The van der Waals surface area contributed by atoms with Crippen molar-refractivity contribution in [2.24, 2.45) is 0 Å². The predicted octanol–water partition coefficient (Wildman–Crippen LogP) is 6.15. The molecule has 5 rings (SSSR count). The fourth-order valence-electron chi connectivity index (χ4n) is 5.09. The standard InChI is InChI=1S/C31H37ClN6O3/c1-4-30(39)34-26-21-23(9-10-24(26)32)41-31-27(38-14-6-5-7-15-38)12-13-29(35-31)33-25-11-8-22(20-28(25)40-3)37-18-16-36(2)17-19-37/h4,8-13,20-21H,1,5-7,14-19H2,2-3H3,(H,33,35)(H,34,39). The number of ether oxygens (including phenoxy) is 2. The number of amides is 1. The summed E-state index contributed by atoms with van der Waals surface area (Å²) < 4.78 is 12.1. The molecule has 2 aromatic carbocycles. The first-order valence-corrected chi connectivity index (χ1v) is 14.4. The summed E-state index contributed by atoms with van der Waals surface area (Å²) in [6.45, 7) is 9.42. The lowest BCUT2D eigenvalue weighted by molar-refractivity contribution is -0.111. The van der Waals surface area contributed by atoms with Gasteiger partial charge in [0.1, 0.15) is 23.0 Å². The van der Waals surface area contributed by atoms with Gasteiger partial charge in [-0.1, -0.05) is 18.2 Å². The molecule has 216 valence electrons.